The summed E-state index contributed by atoms with van der Waals surface area (Å²) in [5.41, 5.74) is 0.795. The van der Waals surface area contributed by atoms with Gasteiger partial charge in [0.15, 0.2) is 4.91 Å². The predicted octanol–water partition coefficient (Wildman–Crippen LogP) is 4.44. The molecule has 1 heterocycles. The number of anilines is 1. The molecule has 0 saturated carbocycles. The summed E-state index contributed by atoms with van der Waals surface area (Å²) in [4.78, 5) is 2.04. The monoisotopic (exact) mass is 433 g/mol. The van der Waals surface area contributed by atoms with Crippen LogP contribution >= 0.6 is 0 Å². The minimum absolute atomic E-state index is 0.285. The highest BCUT2D eigenvalue weighted by Crippen LogP contribution is 2.22. The Bertz CT molecular complexity index is 870. The van der Waals surface area contributed by atoms with Crippen LogP contribution in [0.3, 0.4) is 0 Å². The first kappa shape index (κ1) is 24.4. The summed E-state index contributed by atoms with van der Waals surface area (Å²) in [6.07, 6.45) is 5.57. The Kier molecular flexibility index (Phi) is 8.09. The number of allylic oxidation sites excluding steroid dienone is 1. The third-order valence-corrected chi connectivity index (χ3v) is 6.59. The van der Waals surface area contributed by atoms with E-state index in [1.54, 1.807) is 13.8 Å². The SMILES string of the molecule is CC(C)(CCOC(C)(C)C)NS(=O)(=O)C(C#N)=Cc1ccc(N2CCCCC2)cc1. The van der Waals surface area contributed by atoms with Crippen molar-refractivity contribution in [2.75, 3.05) is 24.6 Å². The van der Waals surface area contributed by atoms with Crippen molar-refractivity contribution in [3.8, 4) is 6.07 Å². The zero-order valence-corrected chi connectivity index (χ0v) is 19.7. The molecule has 30 heavy (non-hydrogen) atoms. The molecular weight excluding hydrogens is 398 g/mol. The lowest BCUT2D eigenvalue weighted by molar-refractivity contribution is -0.0102. The molecule has 1 aromatic carbocycles. The van der Waals surface area contributed by atoms with Crippen LogP contribution in [0.2, 0.25) is 0 Å². The van der Waals surface area contributed by atoms with Crippen LogP contribution in [0.5, 0.6) is 0 Å². The standard InChI is InChI=1S/C23H35N3O3S/c1-22(2,3)29-16-13-23(4,5)25-30(27,28)21(18-24)17-19-9-11-20(12-10-19)26-14-7-6-8-15-26/h9-12,17,25H,6-8,13-16H2,1-5H3. The van der Waals surface area contributed by atoms with Gasteiger partial charge in [-0.15, -0.1) is 0 Å². The second kappa shape index (κ2) is 9.95. The smallest absolute Gasteiger partial charge is 0.251 e. The molecule has 0 aliphatic carbocycles. The molecule has 166 valence electrons. The zero-order chi connectivity index (χ0) is 22.4. The van der Waals surface area contributed by atoms with E-state index in [1.165, 1.54) is 25.3 Å². The maximum absolute atomic E-state index is 12.8. The third-order valence-electron chi connectivity index (χ3n) is 4.98. The number of piperidine rings is 1. The fourth-order valence-corrected chi connectivity index (χ4v) is 4.69. The maximum atomic E-state index is 12.8. The Morgan fingerprint density at radius 2 is 1.73 bits per heavy atom. The van der Waals surface area contributed by atoms with Crippen molar-refractivity contribution in [3.05, 3.63) is 34.7 Å². The lowest BCUT2D eigenvalue weighted by atomic mass is 10.0. The highest BCUT2D eigenvalue weighted by molar-refractivity contribution is 7.93. The van der Waals surface area contributed by atoms with Crippen molar-refractivity contribution in [2.24, 2.45) is 0 Å². The molecule has 0 atom stereocenters. The minimum atomic E-state index is -3.94. The van der Waals surface area contributed by atoms with Gasteiger partial charge in [-0.05, 0) is 84.1 Å². The van der Waals surface area contributed by atoms with Crippen LogP contribution < -0.4 is 9.62 Å². The first-order chi connectivity index (χ1) is 13.9. The molecule has 1 aromatic rings. The van der Waals surface area contributed by atoms with E-state index in [-0.39, 0.29) is 10.5 Å². The Morgan fingerprint density at radius 1 is 1.13 bits per heavy atom. The topological polar surface area (TPSA) is 82.4 Å². The molecule has 0 aromatic heterocycles. The van der Waals surface area contributed by atoms with Crippen LogP contribution in [0.1, 0.15) is 65.9 Å². The van der Waals surface area contributed by atoms with E-state index >= 15 is 0 Å². The lowest BCUT2D eigenvalue weighted by Crippen LogP contribution is -2.44. The molecule has 0 bridgehead atoms. The van der Waals surface area contributed by atoms with Crippen LogP contribution in [0, 0.1) is 11.3 Å². The molecule has 0 amide bonds. The number of sulfonamides is 1. The van der Waals surface area contributed by atoms with Crippen molar-refractivity contribution < 1.29 is 13.2 Å². The number of ether oxygens (including phenoxy) is 1. The summed E-state index contributed by atoms with van der Waals surface area (Å²) in [7, 11) is -3.94. The summed E-state index contributed by atoms with van der Waals surface area (Å²) in [6, 6.07) is 9.53. The van der Waals surface area contributed by atoms with Gasteiger partial charge in [-0.1, -0.05) is 12.1 Å². The van der Waals surface area contributed by atoms with E-state index in [0.717, 1.165) is 18.8 Å². The summed E-state index contributed by atoms with van der Waals surface area (Å²) in [5.74, 6) is 0. The highest BCUT2D eigenvalue weighted by Gasteiger charge is 2.28. The second-order valence-corrected chi connectivity index (χ2v) is 11.1. The average molecular weight is 434 g/mol. The van der Waals surface area contributed by atoms with Crippen LogP contribution in [-0.4, -0.2) is 39.3 Å². The van der Waals surface area contributed by atoms with Gasteiger partial charge in [0.05, 0.1) is 5.60 Å². The van der Waals surface area contributed by atoms with Gasteiger partial charge in [0.25, 0.3) is 10.0 Å². The Morgan fingerprint density at radius 3 is 2.27 bits per heavy atom. The Hall–Kier alpha value is -1.88. The van der Waals surface area contributed by atoms with Gasteiger partial charge in [-0.25, -0.2) is 13.1 Å². The second-order valence-electron chi connectivity index (χ2n) is 9.46. The van der Waals surface area contributed by atoms with Crippen molar-refractivity contribution in [1.29, 1.82) is 5.26 Å². The zero-order valence-electron chi connectivity index (χ0n) is 18.9. The van der Waals surface area contributed by atoms with E-state index in [1.807, 2.05) is 51.1 Å². The maximum Gasteiger partial charge on any atom is 0.251 e. The number of nitrogens with one attached hydrogen (secondary N) is 1. The van der Waals surface area contributed by atoms with Gasteiger partial charge >= 0.3 is 0 Å². The van der Waals surface area contributed by atoms with Gasteiger partial charge in [0, 0.05) is 30.9 Å². The number of hydrogen-bond acceptors (Lipinski definition) is 5. The number of benzene rings is 1. The summed E-state index contributed by atoms with van der Waals surface area (Å²) in [5, 5.41) is 9.49. The quantitative estimate of drug-likeness (QED) is 0.613. The van der Waals surface area contributed by atoms with Crippen molar-refractivity contribution >= 4 is 21.8 Å². The predicted molar refractivity (Wildman–Crippen MR) is 123 cm³/mol. The molecule has 0 spiro atoms. The number of hydrogen-bond donors (Lipinski definition) is 1. The molecular formula is C23H35N3O3S. The highest BCUT2D eigenvalue weighted by atomic mass is 32.2. The first-order valence-corrected chi connectivity index (χ1v) is 12.0. The van der Waals surface area contributed by atoms with Crippen molar-refractivity contribution in [3.63, 3.8) is 0 Å². The minimum Gasteiger partial charge on any atom is -0.376 e. The van der Waals surface area contributed by atoms with Crippen LogP contribution in [-0.2, 0) is 14.8 Å². The van der Waals surface area contributed by atoms with E-state index in [0.29, 0.717) is 18.6 Å². The molecule has 1 N–H and O–H groups in total. The van der Waals surface area contributed by atoms with E-state index in [2.05, 4.69) is 9.62 Å². The van der Waals surface area contributed by atoms with E-state index < -0.39 is 15.6 Å². The molecule has 1 fully saturated rings. The lowest BCUT2D eigenvalue weighted by Gasteiger charge is -2.28. The van der Waals surface area contributed by atoms with Crippen LogP contribution in [0.25, 0.3) is 6.08 Å². The fraction of sp³-hybridized carbons (Fsp3) is 0.609. The van der Waals surface area contributed by atoms with E-state index in [9.17, 15) is 13.7 Å². The molecule has 0 radical (unpaired) electrons. The normalized spacial score (nSPS) is 16.4. The number of nitrogens with zero attached hydrogens (tertiary/aromatic N) is 2. The molecule has 0 unspecified atom stereocenters. The Balaban J connectivity index is 2.08. The molecule has 2 rings (SSSR count). The number of nitriles is 1. The largest absolute Gasteiger partial charge is 0.376 e. The molecule has 6 nitrogen and oxygen atoms in total. The summed E-state index contributed by atoms with van der Waals surface area (Å²) in [6.45, 7) is 12.0. The van der Waals surface area contributed by atoms with Gasteiger partial charge < -0.3 is 9.64 Å². The average Bonchev–Trinajstić information content (AvgIpc) is 2.65. The van der Waals surface area contributed by atoms with Crippen LogP contribution in [0.15, 0.2) is 29.2 Å². The van der Waals surface area contributed by atoms with Crippen LogP contribution in [0.4, 0.5) is 5.69 Å². The summed E-state index contributed by atoms with van der Waals surface area (Å²) >= 11 is 0. The molecule has 7 heteroatoms. The third kappa shape index (κ3) is 7.75. The summed E-state index contributed by atoms with van der Waals surface area (Å²) < 4.78 is 34.0. The fourth-order valence-electron chi connectivity index (χ4n) is 3.34. The molecule has 1 saturated heterocycles. The van der Waals surface area contributed by atoms with Gasteiger partial charge in [-0.2, -0.15) is 5.26 Å². The Labute approximate surface area is 182 Å². The van der Waals surface area contributed by atoms with Gasteiger partial charge in [-0.3, -0.25) is 0 Å². The van der Waals surface area contributed by atoms with Gasteiger partial charge in [0.2, 0.25) is 0 Å². The van der Waals surface area contributed by atoms with Crippen molar-refractivity contribution in [1.82, 2.24) is 4.72 Å². The van der Waals surface area contributed by atoms with Crippen molar-refractivity contribution in [2.45, 2.75) is 71.4 Å². The van der Waals surface area contributed by atoms with E-state index in [4.69, 9.17) is 4.74 Å². The number of rotatable bonds is 8. The first-order valence-electron chi connectivity index (χ1n) is 10.6. The molecule has 1 aliphatic heterocycles. The van der Waals surface area contributed by atoms with Gasteiger partial charge in [0.1, 0.15) is 6.07 Å². The molecule has 1 aliphatic rings.